The van der Waals surface area contributed by atoms with E-state index in [-0.39, 0.29) is 31.1 Å². The first-order valence-electron chi connectivity index (χ1n) is 32.3. The van der Waals surface area contributed by atoms with Crippen LogP contribution in [0.5, 0.6) is 0 Å². The van der Waals surface area contributed by atoms with Gasteiger partial charge in [-0.1, -0.05) is 293 Å². The number of unbranched alkanes of at least 4 members (excludes halogenated alkanes) is 38. The minimum atomic E-state index is -0.778. The van der Waals surface area contributed by atoms with E-state index in [9.17, 15) is 14.4 Å². The summed E-state index contributed by atoms with van der Waals surface area (Å²) in [7, 11) is 0. The van der Waals surface area contributed by atoms with Gasteiger partial charge < -0.3 is 14.2 Å². The maximum absolute atomic E-state index is 12.9. The van der Waals surface area contributed by atoms with Gasteiger partial charge in [0.05, 0.1) is 0 Å². The second-order valence-corrected chi connectivity index (χ2v) is 21.6. The van der Waals surface area contributed by atoms with Gasteiger partial charge in [-0.25, -0.2) is 0 Å². The Balaban J connectivity index is 4.36. The number of rotatable bonds is 59. The highest BCUT2D eigenvalue weighted by molar-refractivity contribution is 5.71. The average molecular weight is 1040 g/mol. The third kappa shape index (κ3) is 60.0. The van der Waals surface area contributed by atoms with Crippen LogP contribution in [0.3, 0.4) is 0 Å². The lowest BCUT2D eigenvalue weighted by molar-refractivity contribution is -0.167. The molecule has 0 aromatic heterocycles. The van der Waals surface area contributed by atoms with Gasteiger partial charge in [0.1, 0.15) is 13.2 Å². The topological polar surface area (TPSA) is 78.9 Å². The van der Waals surface area contributed by atoms with Gasteiger partial charge >= 0.3 is 17.9 Å². The number of hydrogen-bond acceptors (Lipinski definition) is 6. The first-order valence-corrected chi connectivity index (χ1v) is 32.3. The van der Waals surface area contributed by atoms with E-state index in [0.29, 0.717) is 19.3 Å². The normalized spacial score (nSPS) is 12.4. The van der Waals surface area contributed by atoms with Crippen molar-refractivity contribution in [2.24, 2.45) is 0 Å². The van der Waals surface area contributed by atoms with E-state index in [1.54, 1.807) is 0 Å². The molecule has 0 saturated heterocycles. The molecule has 0 spiro atoms. The molecule has 0 aliphatic carbocycles. The second kappa shape index (κ2) is 62.6. The van der Waals surface area contributed by atoms with Gasteiger partial charge in [0.2, 0.25) is 0 Å². The Hall–Kier alpha value is -2.89. The molecule has 0 rings (SSSR count). The van der Waals surface area contributed by atoms with Gasteiger partial charge in [-0.05, 0) is 83.5 Å². The highest BCUT2D eigenvalue weighted by Crippen LogP contribution is 2.17. The molecule has 6 heteroatoms. The summed E-state index contributed by atoms with van der Waals surface area (Å²) in [5.41, 5.74) is 0. The molecule has 6 nitrogen and oxygen atoms in total. The summed E-state index contributed by atoms with van der Waals surface area (Å²) < 4.78 is 17.0. The monoisotopic (exact) mass is 1030 g/mol. The quantitative estimate of drug-likeness (QED) is 0.0261. The van der Waals surface area contributed by atoms with E-state index >= 15 is 0 Å². The van der Waals surface area contributed by atoms with E-state index in [4.69, 9.17) is 14.2 Å². The zero-order chi connectivity index (χ0) is 53.6. The first kappa shape index (κ1) is 71.1. The lowest BCUT2D eigenvalue weighted by Gasteiger charge is -2.18. The first-order chi connectivity index (χ1) is 36.5. The maximum atomic E-state index is 12.9. The molecule has 0 N–H and O–H groups in total. The Bertz CT molecular complexity index is 1330. The zero-order valence-corrected chi connectivity index (χ0v) is 49.4. The van der Waals surface area contributed by atoms with Crippen molar-refractivity contribution in [2.75, 3.05) is 13.2 Å². The molecule has 0 aliphatic rings. The van der Waals surface area contributed by atoms with Crippen molar-refractivity contribution in [1.82, 2.24) is 0 Å². The molecule has 0 aliphatic heterocycles. The Morgan fingerprint density at radius 1 is 0.284 bits per heavy atom. The van der Waals surface area contributed by atoms with E-state index < -0.39 is 6.10 Å². The van der Waals surface area contributed by atoms with Gasteiger partial charge in [-0.15, -0.1) is 0 Å². The minimum absolute atomic E-state index is 0.0738. The lowest BCUT2D eigenvalue weighted by atomic mass is 10.0. The molecule has 0 radical (unpaired) electrons. The summed E-state index contributed by atoms with van der Waals surface area (Å²) in [6.45, 7) is 6.57. The number of hydrogen-bond donors (Lipinski definition) is 0. The molecule has 0 aromatic rings. The minimum Gasteiger partial charge on any atom is -0.462 e. The molecule has 0 heterocycles. The summed E-state index contributed by atoms with van der Waals surface area (Å²) in [6, 6.07) is 0. The maximum Gasteiger partial charge on any atom is 0.306 e. The standard InChI is InChI=1S/C68H122O6/c1-4-7-10-13-16-19-22-25-28-31-33-34-36-37-40-43-46-49-52-55-58-61-67(70)73-64-65(63-72-66(69)60-57-54-51-48-45-42-39-30-27-24-21-18-15-12-9-6-3)74-68(71)62-59-56-53-50-47-44-41-38-35-32-29-26-23-20-17-14-11-8-5-2/h7,10,16,19,25-26,28-29,33-34,65H,4-6,8-9,11-15,17-18,20-24,27,30-32,35-64H2,1-3H3/b10-7-,19-16-,28-25-,29-26-,34-33-. The second-order valence-electron chi connectivity index (χ2n) is 21.6. The van der Waals surface area contributed by atoms with Crippen LogP contribution in [0, 0.1) is 0 Å². The summed E-state index contributed by atoms with van der Waals surface area (Å²) in [6.07, 6.45) is 79.3. The Kier molecular flexibility index (Phi) is 60.2. The lowest BCUT2D eigenvalue weighted by Crippen LogP contribution is -2.30. The molecule has 0 aromatic carbocycles. The van der Waals surface area contributed by atoms with Crippen LogP contribution in [0.4, 0.5) is 0 Å². The summed E-state index contributed by atoms with van der Waals surface area (Å²) >= 11 is 0. The van der Waals surface area contributed by atoms with Gasteiger partial charge in [0.25, 0.3) is 0 Å². The molecule has 0 fully saturated rings. The molecule has 0 bridgehead atoms. The van der Waals surface area contributed by atoms with Crippen molar-refractivity contribution in [2.45, 2.75) is 341 Å². The van der Waals surface area contributed by atoms with Crippen molar-refractivity contribution in [3.63, 3.8) is 0 Å². The van der Waals surface area contributed by atoms with Crippen molar-refractivity contribution >= 4 is 17.9 Å². The van der Waals surface area contributed by atoms with Crippen LogP contribution in [0.2, 0.25) is 0 Å². The number of esters is 3. The van der Waals surface area contributed by atoms with Gasteiger partial charge in [-0.2, -0.15) is 0 Å². The zero-order valence-electron chi connectivity index (χ0n) is 49.4. The van der Waals surface area contributed by atoms with Gasteiger partial charge in [-0.3, -0.25) is 14.4 Å². The van der Waals surface area contributed by atoms with Crippen LogP contribution in [0.25, 0.3) is 0 Å². The van der Waals surface area contributed by atoms with Crippen molar-refractivity contribution < 1.29 is 28.6 Å². The van der Waals surface area contributed by atoms with Crippen molar-refractivity contribution in [3.8, 4) is 0 Å². The number of carbonyl (C=O) groups excluding carboxylic acids is 3. The van der Waals surface area contributed by atoms with Crippen molar-refractivity contribution in [1.29, 1.82) is 0 Å². The van der Waals surface area contributed by atoms with Crippen LogP contribution in [-0.4, -0.2) is 37.2 Å². The van der Waals surface area contributed by atoms with E-state index in [0.717, 1.165) is 89.9 Å². The fraction of sp³-hybridized carbons (Fsp3) is 0.809. The Labute approximate surface area is 460 Å². The molecule has 0 saturated carbocycles. The molecule has 74 heavy (non-hydrogen) atoms. The Morgan fingerprint density at radius 2 is 0.527 bits per heavy atom. The predicted octanol–water partition coefficient (Wildman–Crippen LogP) is 21.9. The number of carbonyl (C=O) groups is 3. The van der Waals surface area contributed by atoms with Gasteiger partial charge in [0, 0.05) is 19.3 Å². The molecular formula is C68H122O6. The van der Waals surface area contributed by atoms with Crippen LogP contribution < -0.4 is 0 Å². The average Bonchev–Trinajstić information content (AvgIpc) is 3.40. The highest BCUT2D eigenvalue weighted by Gasteiger charge is 2.19. The number of allylic oxidation sites excluding steroid dienone is 10. The summed E-state index contributed by atoms with van der Waals surface area (Å²) in [5, 5.41) is 0. The van der Waals surface area contributed by atoms with E-state index in [1.165, 1.54) is 205 Å². The SMILES string of the molecule is CC/C=C\C/C=C\C/C=C\C/C=C\CCCCCCCCCCC(=O)OCC(COC(=O)CCCCCCCCCCCCCCCCCC)OC(=O)CCCCCCCCCCC/C=C\CCCCCCCC. The molecular weight excluding hydrogens is 913 g/mol. The Morgan fingerprint density at radius 3 is 0.838 bits per heavy atom. The molecule has 0 amide bonds. The van der Waals surface area contributed by atoms with Crippen molar-refractivity contribution in [3.05, 3.63) is 60.8 Å². The summed E-state index contributed by atoms with van der Waals surface area (Å²) in [4.78, 5) is 38.4. The highest BCUT2D eigenvalue weighted by atomic mass is 16.6. The number of ether oxygens (including phenoxy) is 3. The van der Waals surface area contributed by atoms with Crippen LogP contribution in [0.15, 0.2) is 60.8 Å². The third-order valence-corrected chi connectivity index (χ3v) is 14.3. The third-order valence-electron chi connectivity index (χ3n) is 14.3. The van der Waals surface area contributed by atoms with Gasteiger partial charge in [0.15, 0.2) is 6.10 Å². The molecule has 430 valence electrons. The fourth-order valence-corrected chi connectivity index (χ4v) is 9.43. The van der Waals surface area contributed by atoms with Crippen LogP contribution in [-0.2, 0) is 28.6 Å². The fourth-order valence-electron chi connectivity index (χ4n) is 9.43. The van der Waals surface area contributed by atoms with Crippen LogP contribution in [0.1, 0.15) is 335 Å². The van der Waals surface area contributed by atoms with Crippen LogP contribution >= 0.6 is 0 Å². The summed E-state index contributed by atoms with van der Waals surface area (Å²) in [5.74, 6) is -0.864. The molecule has 1 unspecified atom stereocenters. The smallest absolute Gasteiger partial charge is 0.306 e. The van der Waals surface area contributed by atoms with E-state index in [2.05, 4.69) is 81.5 Å². The molecule has 1 atom stereocenters. The van der Waals surface area contributed by atoms with E-state index in [1.807, 2.05) is 0 Å². The predicted molar refractivity (Wildman–Crippen MR) is 321 cm³/mol. The largest absolute Gasteiger partial charge is 0.462 e.